The van der Waals surface area contributed by atoms with Crippen molar-refractivity contribution in [2.45, 2.75) is 0 Å². The number of amides is 1. The monoisotopic (exact) mass is 373 g/mol. The number of carbonyl (C=O) groups excluding carboxylic acids is 1. The van der Waals surface area contributed by atoms with Crippen molar-refractivity contribution in [2.75, 3.05) is 17.2 Å². The highest BCUT2D eigenvalue weighted by Gasteiger charge is 2.13. The van der Waals surface area contributed by atoms with Gasteiger partial charge in [-0.15, -0.1) is 0 Å². The molecule has 0 atom stereocenters. The standard InChI is InChI=1S/C14H10Cl3N3O3/c15-8-1-3-10(16)12(5-8)19-14(21)7-18-9-2-4-11(17)13(6-9)20(22)23/h1-6,18H,7H2,(H,19,21). The van der Waals surface area contributed by atoms with Crippen molar-refractivity contribution >= 4 is 57.8 Å². The van der Waals surface area contributed by atoms with E-state index in [-0.39, 0.29) is 23.2 Å². The Morgan fingerprint density at radius 3 is 2.48 bits per heavy atom. The molecular weight excluding hydrogens is 365 g/mol. The van der Waals surface area contributed by atoms with Crippen LogP contribution in [0.15, 0.2) is 36.4 Å². The van der Waals surface area contributed by atoms with Crippen LogP contribution in [0.25, 0.3) is 0 Å². The fourth-order valence-electron chi connectivity index (χ4n) is 1.73. The number of hydrogen-bond acceptors (Lipinski definition) is 4. The van der Waals surface area contributed by atoms with Crippen LogP contribution in [-0.4, -0.2) is 17.4 Å². The zero-order chi connectivity index (χ0) is 17.0. The molecule has 9 heteroatoms. The number of nitro groups is 1. The number of halogens is 3. The van der Waals surface area contributed by atoms with E-state index in [1.165, 1.54) is 24.3 Å². The van der Waals surface area contributed by atoms with Gasteiger partial charge in [0.1, 0.15) is 5.02 Å². The first-order valence-electron chi connectivity index (χ1n) is 6.29. The average molecular weight is 375 g/mol. The Kier molecular flexibility index (Phi) is 5.65. The second kappa shape index (κ2) is 7.50. The SMILES string of the molecule is O=C(CNc1ccc(Cl)c([N+](=O)[O-])c1)Nc1cc(Cl)ccc1Cl. The summed E-state index contributed by atoms with van der Waals surface area (Å²) in [6, 6.07) is 8.86. The molecule has 2 N–H and O–H groups in total. The third-order valence-electron chi connectivity index (χ3n) is 2.80. The van der Waals surface area contributed by atoms with Crippen LogP contribution < -0.4 is 10.6 Å². The summed E-state index contributed by atoms with van der Waals surface area (Å²) in [6.45, 7) is -0.109. The van der Waals surface area contributed by atoms with Crippen LogP contribution in [0.4, 0.5) is 17.1 Å². The van der Waals surface area contributed by atoms with Crippen molar-refractivity contribution in [1.82, 2.24) is 0 Å². The maximum Gasteiger partial charge on any atom is 0.289 e. The fraction of sp³-hybridized carbons (Fsp3) is 0.0714. The van der Waals surface area contributed by atoms with E-state index in [4.69, 9.17) is 34.8 Å². The number of anilines is 2. The number of rotatable bonds is 5. The zero-order valence-corrected chi connectivity index (χ0v) is 13.7. The van der Waals surface area contributed by atoms with E-state index in [0.717, 1.165) is 0 Å². The Balaban J connectivity index is 2.01. The molecule has 0 saturated heterocycles. The highest BCUT2D eigenvalue weighted by molar-refractivity contribution is 6.35. The van der Waals surface area contributed by atoms with Gasteiger partial charge in [0.2, 0.25) is 5.91 Å². The Hall–Kier alpha value is -2.02. The number of carbonyl (C=O) groups is 1. The first-order valence-corrected chi connectivity index (χ1v) is 7.43. The molecule has 0 fully saturated rings. The summed E-state index contributed by atoms with van der Waals surface area (Å²) in [5.41, 5.74) is 0.538. The number of nitro benzene ring substituents is 1. The van der Waals surface area contributed by atoms with E-state index in [2.05, 4.69) is 10.6 Å². The topological polar surface area (TPSA) is 84.3 Å². The van der Waals surface area contributed by atoms with E-state index in [9.17, 15) is 14.9 Å². The molecule has 0 saturated carbocycles. The van der Waals surface area contributed by atoms with E-state index in [1.54, 1.807) is 12.1 Å². The van der Waals surface area contributed by atoms with Gasteiger partial charge >= 0.3 is 0 Å². The van der Waals surface area contributed by atoms with Crippen LogP contribution >= 0.6 is 34.8 Å². The Morgan fingerprint density at radius 1 is 1.09 bits per heavy atom. The lowest BCUT2D eigenvalue weighted by molar-refractivity contribution is -0.384. The molecule has 0 bridgehead atoms. The molecule has 2 rings (SSSR count). The minimum atomic E-state index is -0.598. The molecule has 0 aromatic heterocycles. The number of nitrogens with one attached hydrogen (secondary N) is 2. The maximum atomic E-state index is 11.9. The first-order chi connectivity index (χ1) is 10.9. The molecular formula is C14H10Cl3N3O3. The van der Waals surface area contributed by atoms with Crippen molar-refractivity contribution in [3.63, 3.8) is 0 Å². The average Bonchev–Trinajstić information content (AvgIpc) is 2.50. The minimum absolute atomic E-state index is 0.0238. The molecule has 0 spiro atoms. The molecule has 0 aliphatic heterocycles. The van der Waals surface area contributed by atoms with Gasteiger partial charge in [0, 0.05) is 16.8 Å². The normalized spacial score (nSPS) is 10.2. The molecule has 1 amide bonds. The summed E-state index contributed by atoms with van der Waals surface area (Å²) in [4.78, 5) is 22.1. The van der Waals surface area contributed by atoms with Gasteiger partial charge in [-0.25, -0.2) is 0 Å². The van der Waals surface area contributed by atoms with E-state index >= 15 is 0 Å². The zero-order valence-electron chi connectivity index (χ0n) is 11.5. The van der Waals surface area contributed by atoms with E-state index in [0.29, 0.717) is 21.4 Å². The van der Waals surface area contributed by atoms with Gasteiger partial charge in [-0.1, -0.05) is 34.8 Å². The van der Waals surface area contributed by atoms with E-state index < -0.39 is 4.92 Å². The van der Waals surface area contributed by atoms with Gasteiger partial charge in [0.25, 0.3) is 5.69 Å². The van der Waals surface area contributed by atoms with Crippen molar-refractivity contribution in [1.29, 1.82) is 0 Å². The van der Waals surface area contributed by atoms with Gasteiger partial charge in [-0.2, -0.15) is 0 Å². The van der Waals surface area contributed by atoms with Crippen LogP contribution in [0.2, 0.25) is 15.1 Å². The molecule has 0 aliphatic carbocycles. The third kappa shape index (κ3) is 4.72. The quantitative estimate of drug-likeness (QED) is 0.591. The van der Waals surface area contributed by atoms with Gasteiger partial charge in [-0.3, -0.25) is 14.9 Å². The van der Waals surface area contributed by atoms with Crippen LogP contribution in [0.1, 0.15) is 0 Å². The summed E-state index contributed by atoms with van der Waals surface area (Å²) >= 11 is 17.5. The minimum Gasteiger partial charge on any atom is -0.376 e. The number of hydrogen-bond donors (Lipinski definition) is 2. The van der Waals surface area contributed by atoms with Crippen LogP contribution in [0, 0.1) is 10.1 Å². The number of nitrogens with zero attached hydrogens (tertiary/aromatic N) is 1. The van der Waals surface area contributed by atoms with Gasteiger partial charge < -0.3 is 10.6 Å². The Morgan fingerprint density at radius 2 is 1.78 bits per heavy atom. The van der Waals surface area contributed by atoms with Crippen LogP contribution in [0.5, 0.6) is 0 Å². The Labute approximate surface area is 146 Å². The fourth-order valence-corrected chi connectivity index (χ4v) is 2.26. The van der Waals surface area contributed by atoms with Crippen molar-refractivity contribution in [3.05, 3.63) is 61.6 Å². The van der Waals surface area contributed by atoms with Crippen molar-refractivity contribution in [2.24, 2.45) is 0 Å². The molecule has 0 unspecified atom stereocenters. The van der Waals surface area contributed by atoms with Crippen LogP contribution in [-0.2, 0) is 4.79 Å². The summed E-state index contributed by atoms with van der Waals surface area (Å²) in [5, 5.41) is 17.0. The molecule has 0 aliphatic rings. The van der Waals surface area contributed by atoms with Crippen molar-refractivity contribution < 1.29 is 9.72 Å². The largest absolute Gasteiger partial charge is 0.376 e. The summed E-state index contributed by atoms with van der Waals surface area (Å²) in [5.74, 6) is -0.383. The summed E-state index contributed by atoms with van der Waals surface area (Å²) < 4.78 is 0. The third-order valence-corrected chi connectivity index (χ3v) is 3.68. The molecule has 120 valence electrons. The molecule has 0 heterocycles. The molecule has 2 aromatic carbocycles. The second-order valence-corrected chi connectivity index (χ2v) is 5.70. The van der Waals surface area contributed by atoms with Crippen LogP contribution in [0.3, 0.4) is 0 Å². The van der Waals surface area contributed by atoms with Gasteiger partial charge in [-0.05, 0) is 30.3 Å². The smallest absolute Gasteiger partial charge is 0.289 e. The summed E-state index contributed by atoms with van der Waals surface area (Å²) in [6.07, 6.45) is 0. The lowest BCUT2D eigenvalue weighted by Gasteiger charge is -2.09. The predicted octanol–water partition coefficient (Wildman–Crippen LogP) is 4.61. The van der Waals surface area contributed by atoms with E-state index in [1.807, 2.05) is 0 Å². The maximum absolute atomic E-state index is 11.9. The lowest BCUT2D eigenvalue weighted by atomic mass is 10.2. The predicted molar refractivity (Wildman–Crippen MR) is 91.7 cm³/mol. The second-order valence-electron chi connectivity index (χ2n) is 4.45. The molecule has 0 radical (unpaired) electrons. The van der Waals surface area contributed by atoms with Gasteiger partial charge in [0.05, 0.1) is 22.2 Å². The highest BCUT2D eigenvalue weighted by atomic mass is 35.5. The first kappa shape index (κ1) is 17.3. The molecule has 23 heavy (non-hydrogen) atoms. The number of benzene rings is 2. The Bertz CT molecular complexity index is 768. The summed E-state index contributed by atoms with van der Waals surface area (Å²) in [7, 11) is 0. The highest BCUT2D eigenvalue weighted by Crippen LogP contribution is 2.27. The van der Waals surface area contributed by atoms with Crippen molar-refractivity contribution in [3.8, 4) is 0 Å². The molecule has 6 nitrogen and oxygen atoms in total. The van der Waals surface area contributed by atoms with Gasteiger partial charge in [0.15, 0.2) is 0 Å². The molecule has 2 aromatic rings. The lowest BCUT2D eigenvalue weighted by Crippen LogP contribution is -2.21.